The molecule has 8 heteroatoms. The van der Waals surface area contributed by atoms with Gasteiger partial charge in [0.25, 0.3) is 5.91 Å². The van der Waals surface area contributed by atoms with Gasteiger partial charge in [0.15, 0.2) is 17.3 Å². The lowest BCUT2D eigenvalue weighted by Gasteiger charge is -2.14. The van der Waals surface area contributed by atoms with Crippen LogP contribution in [0, 0.1) is 0 Å². The first kappa shape index (κ1) is 19.9. The number of methoxy groups -OCH3 is 3. The van der Waals surface area contributed by atoms with Crippen molar-refractivity contribution in [3.05, 3.63) is 65.7 Å². The zero-order chi connectivity index (χ0) is 21.0. The average Bonchev–Trinajstić information content (AvgIpc) is 3.18. The molecule has 1 amide bonds. The summed E-state index contributed by atoms with van der Waals surface area (Å²) in [4.78, 5) is 29.2. The molecule has 3 aromatic rings. The van der Waals surface area contributed by atoms with Gasteiger partial charge in [0.1, 0.15) is 0 Å². The fourth-order valence-electron chi connectivity index (χ4n) is 2.83. The van der Waals surface area contributed by atoms with E-state index in [1.54, 1.807) is 60.4 Å². The molecule has 3 rings (SSSR count). The normalized spacial score (nSPS) is 10.3. The van der Waals surface area contributed by atoms with Gasteiger partial charge in [0, 0.05) is 36.3 Å². The first-order chi connectivity index (χ1) is 14.0. The molecular formula is C21H21N3O5. The molecule has 0 saturated heterocycles. The lowest BCUT2D eigenvalue weighted by atomic mass is 10.1. The van der Waals surface area contributed by atoms with Gasteiger partial charge in [-0.15, -0.1) is 0 Å². The fourth-order valence-corrected chi connectivity index (χ4v) is 2.83. The van der Waals surface area contributed by atoms with Gasteiger partial charge in [-0.05, 0) is 36.4 Å². The van der Waals surface area contributed by atoms with E-state index in [2.05, 4.69) is 10.3 Å². The summed E-state index contributed by atoms with van der Waals surface area (Å²) in [5.74, 6) is 0.969. The zero-order valence-corrected chi connectivity index (χ0v) is 16.6. The number of hydrogen-bond donors (Lipinski definition) is 1. The van der Waals surface area contributed by atoms with Crippen molar-refractivity contribution in [2.45, 2.75) is 0 Å². The molecule has 8 nitrogen and oxygen atoms in total. The summed E-state index contributed by atoms with van der Waals surface area (Å²) in [6.07, 6.45) is 3.28. The first-order valence-electron chi connectivity index (χ1n) is 8.72. The quantitative estimate of drug-likeness (QED) is 0.619. The zero-order valence-electron chi connectivity index (χ0n) is 16.6. The predicted molar refractivity (Wildman–Crippen MR) is 107 cm³/mol. The van der Waals surface area contributed by atoms with E-state index in [9.17, 15) is 9.59 Å². The molecule has 0 unspecified atom stereocenters. The van der Waals surface area contributed by atoms with Crippen molar-refractivity contribution < 1.29 is 23.8 Å². The van der Waals surface area contributed by atoms with Gasteiger partial charge in [0.05, 0.1) is 21.3 Å². The Balaban J connectivity index is 1.79. The molecule has 0 atom stereocenters. The number of amides is 1. The van der Waals surface area contributed by atoms with Crippen LogP contribution in [0.2, 0.25) is 0 Å². The minimum absolute atomic E-state index is 0.194. The van der Waals surface area contributed by atoms with Gasteiger partial charge in [-0.3, -0.25) is 9.59 Å². The molecule has 0 fully saturated rings. The van der Waals surface area contributed by atoms with Crippen LogP contribution in [0.4, 0.5) is 5.69 Å². The molecule has 29 heavy (non-hydrogen) atoms. The molecule has 150 valence electrons. The van der Waals surface area contributed by atoms with E-state index >= 15 is 0 Å². The Kier molecular flexibility index (Phi) is 5.82. The molecule has 0 aliphatic rings. The van der Waals surface area contributed by atoms with Crippen LogP contribution in [0.3, 0.4) is 0 Å². The van der Waals surface area contributed by atoms with Crippen LogP contribution < -0.4 is 19.5 Å². The predicted octanol–water partition coefficient (Wildman–Crippen LogP) is 2.93. The second kappa shape index (κ2) is 8.47. The molecule has 1 heterocycles. The Bertz CT molecular complexity index is 1020. The van der Waals surface area contributed by atoms with Gasteiger partial charge >= 0.3 is 0 Å². The van der Waals surface area contributed by atoms with Crippen LogP contribution in [0.1, 0.15) is 26.5 Å². The van der Waals surface area contributed by atoms with E-state index < -0.39 is 0 Å². The fraction of sp³-hybridized carbons (Fsp3) is 0.190. The average molecular weight is 395 g/mol. The second-order valence-corrected chi connectivity index (χ2v) is 6.14. The van der Waals surface area contributed by atoms with Gasteiger partial charge in [-0.2, -0.15) is 0 Å². The van der Waals surface area contributed by atoms with Crippen molar-refractivity contribution in [2.24, 2.45) is 7.05 Å². The Morgan fingerprint density at radius 3 is 2.03 bits per heavy atom. The third-order valence-electron chi connectivity index (χ3n) is 4.36. The van der Waals surface area contributed by atoms with E-state index in [-0.39, 0.29) is 11.7 Å². The second-order valence-electron chi connectivity index (χ2n) is 6.14. The highest BCUT2D eigenvalue weighted by Gasteiger charge is 2.18. The molecule has 0 aliphatic carbocycles. The van der Waals surface area contributed by atoms with Crippen molar-refractivity contribution >= 4 is 17.4 Å². The molecule has 0 spiro atoms. The van der Waals surface area contributed by atoms with Gasteiger partial charge in [-0.1, -0.05) is 0 Å². The number of ketones is 1. The van der Waals surface area contributed by atoms with Crippen molar-refractivity contribution in [3.8, 4) is 17.2 Å². The maximum atomic E-state index is 12.7. The smallest absolute Gasteiger partial charge is 0.255 e. The van der Waals surface area contributed by atoms with E-state index in [1.807, 2.05) is 0 Å². The van der Waals surface area contributed by atoms with E-state index in [4.69, 9.17) is 14.2 Å². The number of nitrogens with one attached hydrogen (secondary N) is 1. The Hall–Kier alpha value is -3.81. The third kappa shape index (κ3) is 4.06. The molecule has 1 aromatic heterocycles. The Morgan fingerprint density at radius 1 is 0.931 bits per heavy atom. The number of hydrogen-bond acceptors (Lipinski definition) is 6. The van der Waals surface area contributed by atoms with Gasteiger partial charge < -0.3 is 24.1 Å². The third-order valence-corrected chi connectivity index (χ3v) is 4.36. The summed E-state index contributed by atoms with van der Waals surface area (Å²) in [6, 6.07) is 9.73. The van der Waals surface area contributed by atoms with Crippen molar-refractivity contribution in [2.75, 3.05) is 26.6 Å². The highest BCUT2D eigenvalue weighted by Crippen LogP contribution is 2.38. The number of anilines is 1. The minimum Gasteiger partial charge on any atom is -0.493 e. The van der Waals surface area contributed by atoms with Crippen molar-refractivity contribution in [1.29, 1.82) is 0 Å². The monoisotopic (exact) mass is 395 g/mol. The topological polar surface area (TPSA) is 91.7 Å². The summed E-state index contributed by atoms with van der Waals surface area (Å²) in [6.45, 7) is 0. The standard InChI is InChI=1S/C21H21N3O5/c1-24-10-9-22-20(24)18(25)13-5-7-15(8-6-13)23-21(26)14-11-16(27-2)19(29-4)17(12-14)28-3/h5-12H,1-4H3,(H,23,26). The van der Waals surface area contributed by atoms with Crippen LogP contribution in [0.25, 0.3) is 0 Å². The summed E-state index contributed by atoms with van der Waals surface area (Å²) in [5, 5.41) is 2.79. The van der Waals surface area contributed by atoms with Gasteiger partial charge in [0.2, 0.25) is 11.5 Å². The van der Waals surface area contributed by atoms with Crippen molar-refractivity contribution in [3.63, 3.8) is 0 Å². The molecule has 0 radical (unpaired) electrons. The number of ether oxygens (including phenoxy) is 3. The van der Waals surface area contributed by atoms with E-state index in [0.29, 0.717) is 39.9 Å². The Morgan fingerprint density at radius 2 is 1.55 bits per heavy atom. The molecule has 1 N–H and O–H groups in total. The highest BCUT2D eigenvalue weighted by atomic mass is 16.5. The molecule has 0 saturated carbocycles. The van der Waals surface area contributed by atoms with Crippen molar-refractivity contribution in [1.82, 2.24) is 9.55 Å². The van der Waals surface area contributed by atoms with Crippen LogP contribution in [0.15, 0.2) is 48.8 Å². The van der Waals surface area contributed by atoms with E-state index in [0.717, 1.165) is 0 Å². The maximum absolute atomic E-state index is 12.7. The molecular weight excluding hydrogens is 374 g/mol. The van der Waals surface area contributed by atoms with Crippen LogP contribution in [0.5, 0.6) is 17.2 Å². The minimum atomic E-state index is -0.354. The number of carbonyl (C=O) groups excluding carboxylic acids is 2. The van der Waals surface area contributed by atoms with Crippen LogP contribution >= 0.6 is 0 Å². The lowest BCUT2D eigenvalue weighted by molar-refractivity contribution is 0.101. The van der Waals surface area contributed by atoms with Crippen LogP contribution in [-0.4, -0.2) is 42.6 Å². The van der Waals surface area contributed by atoms with Crippen LogP contribution in [-0.2, 0) is 7.05 Å². The summed E-state index contributed by atoms with van der Waals surface area (Å²) >= 11 is 0. The van der Waals surface area contributed by atoms with E-state index in [1.165, 1.54) is 21.3 Å². The number of benzene rings is 2. The summed E-state index contributed by atoms with van der Waals surface area (Å²) in [5.41, 5.74) is 1.36. The largest absolute Gasteiger partial charge is 0.493 e. The number of rotatable bonds is 7. The lowest BCUT2D eigenvalue weighted by Crippen LogP contribution is -2.13. The Labute approximate surface area is 168 Å². The highest BCUT2D eigenvalue weighted by molar-refractivity contribution is 6.08. The molecule has 0 bridgehead atoms. The first-order valence-corrected chi connectivity index (χ1v) is 8.72. The number of aromatic nitrogens is 2. The number of carbonyl (C=O) groups is 2. The summed E-state index contributed by atoms with van der Waals surface area (Å²) in [7, 11) is 6.22. The SMILES string of the molecule is COc1cc(C(=O)Nc2ccc(C(=O)c3nccn3C)cc2)cc(OC)c1OC. The van der Waals surface area contributed by atoms with Gasteiger partial charge in [-0.25, -0.2) is 4.98 Å². The number of imidazole rings is 1. The summed E-state index contributed by atoms with van der Waals surface area (Å²) < 4.78 is 17.5. The number of aryl methyl sites for hydroxylation is 1. The number of nitrogens with zero attached hydrogens (tertiary/aromatic N) is 2. The maximum Gasteiger partial charge on any atom is 0.255 e. The molecule has 2 aromatic carbocycles. The molecule has 0 aliphatic heterocycles.